The first-order chi connectivity index (χ1) is 12.0. The average molecular weight is 335 g/mol. The number of benzene rings is 3. The molecule has 0 bridgehead atoms. The van der Waals surface area contributed by atoms with E-state index >= 15 is 0 Å². The molecule has 25 heavy (non-hydrogen) atoms. The van der Waals surface area contributed by atoms with Crippen molar-refractivity contribution >= 4 is 27.6 Å². The second-order valence-corrected chi connectivity index (χ2v) is 5.67. The third-order valence-corrected chi connectivity index (χ3v) is 4.14. The van der Waals surface area contributed by atoms with E-state index in [9.17, 15) is 18.7 Å². The van der Waals surface area contributed by atoms with Gasteiger partial charge < -0.3 is 5.11 Å². The summed E-state index contributed by atoms with van der Waals surface area (Å²) in [5, 5.41) is 11.8. The SMILES string of the molecule is O=C(O)c1cc(-c2ccc(F)cc2F)nc2ccc3ccccc3c12. The molecule has 0 radical (unpaired) electrons. The first-order valence-electron chi connectivity index (χ1n) is 7.56. The fourth-order valence-electron chi connectivity index (χ4n) is 3.01. The number of aromatic nitrogens is 1. The highest BCUT2D eigenvalue weighted by Crippen LogP contribution is 2.31. The third-order valence-electron chi connectivity index (χ3n) is 4.14. The largest absolute Gasteiger partial charge is 0.478 e. The van der Waals surface area contributed by atoms with Crippen LogP contribution in [-0.2, 0) is 0 Å². The minimum Gasteiger partial charge on any atom is -0.478 e. The van der Waals surface area contributed by atoms with Gasteiger partial charge >= 0.3 is 5.97 Å². The number of hydrogen-bond acceptors (Lipinski definition) is 2. The molecule has 0 unspecified atom stereocenters. The predicted molar refractivity (Wildman–Crippen MR) is 91.6 cm³/mol. The van der Waals surface area contributed by atoms with E-state index in [1.807, 2.05) is 30.3 Å². The normalized spacial score (nSPS) is 11.1. The highest BCUT2D eigenvalue weighted by molar-refractivity contribution is 6.15. The van der Waals surface area contributed by atoms with Crippen LogP contribution in [0.5, 0.6) is 0 Å². The molecular weight excluding hydrogens is 324 g/mol. The molecule has 1 heterocycles. The Bertz CT molecular complexity index is 1160. The van der Waals surface area contributed by atoms with Crippen LogP contribution in [0.3, 0.4) is 0 Å². The number of carboxylic acids is 1. The minimum absolute atomic E-state index is 0.0283. The van der Waals surface area contributed by atoms with E-state index in [1.165, 1.54) is 12.1 Å². The van der Waals surface area contributed by atoms with Crippen LogP contribution in [0.25, 0.3) is 32.9 Å². The van der Waals surface area contributed by atoms with Crippen LogP contribution in [0.1, 0.15) is 10.4 Å². The summed E-state index contributed by atoms with van der Waals surface area (Å²) in [5.41, 5.74) is 0.675. The molecule has 0 aliphatic carbocycles. The van der Waals surface area contributed by atoms with Crippen LogP contribution >= 0.6 is 0 Å². The number of hydrogen-bond donors (Lipinski definition) is 1. The average Bonchev–Trinajstić information content (AvgIpc) is 2.60. The van der Waals surface area contributed by atoms with Gasteiger partial charge in [0.1, 0.15) is 11.6 Å². The van der Waals surface area contributed by atoms with Crippen LogP contribution in [0.2, 0.25) is 0 Å². The molecule has 5 heteroatoms. The van der Waals surface area contributed by atoms with Crippen molar-refractivity contribution in [2.75, 3.05) is 0 Å². The number of halogens is 2. The summed E-state index contributed by atoms with van der Waals surface area (Å²) >= 11 is 0. The van der Waals surface area contributed by atoms with E-state index < -0.39 is 17.6 Å². The van der Waals surface area contributed by atoms with E-state index in [1.54, 1.807) is 6.07 Å². The number of carboxylic acid groups (broad SMARTS) is 1. The highest BCUT2D eigenvalue weighted by atomic mass is 19.1. The lowest BCUT2D eigenvalue weighted by atomic mass is 9.98. The molecule has 1 aromatic heterocycles. The molecular formula is C20H11F2NO2. The van der Waals surface area contributed by atoms with Gasteiger partial charge in [-0.3, -0.25) is 0 Å². The molecule has 0 amide bonds. The van der Waals surface area contributed by atoms with Gasteiger partial charge in [0.15, 0.2) is 0 Å². The molecule has 0 aliphatic rings. The Morgan fingerprint density at radius 1 is 0.960 bits per heavy atom. The number of carbonyl (C=O) groups is 1. The van der Waals surface area contributed by atoms with Crippen LogP contribution in [-0.4, -0.2) is 16.1 Å². The molecule has 0 saturated carbocycles. The zero-order valence-corrected chi connectivity index (χ0v) is 12.8. The van der Waals surface area contributed by atoms with Gasteiger partial charge in [0.05, 0.1) is 16.8 Å². The number of fused-ring (bicyclic) bond motifs is 3. The van der Waals surface area contributed by atoms with Crippen molar-refractivity contribution in [1.82, 2.24) is 4.98 Å². The monoisotopic (exact) mass is 335 g/mol. The molecule has 0 fully saturated rings. The molecule has 3 aromatic carbocycles. The Labute approximate surface area is 141 Å². The van der Waals surface area contributed by atoms with Crippen LogP contribution in [0.15, 0.2) is 60.7 Å². The number of rotatable bonds is 2. The van der Waals surface area contributed by atoms with Gasteiger partial charge in [-0.25, -0.2) is 18.6 Å². The Morgan fingerprint density at radius 3 is 2.52 bits per heavy atom. The topological polar surface area (TPSA) is 50.2 Å². The van der Waals surface area contributed by atoms with Gasteiger partial charge in [-0.05, 0) is 35.0 Å². The molecule has 4 rings (SSSR count). The van der Waals surface area contributed by atoms with Gasteiger partial charge in [0.25, 0.3) is 0 Å². The minimum atomic E-state index is -1.13. The Morgan fingerprint density at radius 2 is 1.76 bits per heavy atom. The smallest absolute Gasteiger partial charge is 0.336 e. The number of nitrogens with zero attached hydrogens (tertiary/aromatic N) is 1. The zero-order chi connectivity index (χ0) is 17.6. The van der Waals surface area contributed by atoms with Crippen LogP contribution in [0, 0.1) is 11.6 Å². The lowest BCUT2D eigenvalue weighted by molar-refractivity contribution is 0.0699. The summed E-state index contributed by atoms with van der Waals surface area (Å²) in [6.07, 6.45) is 0. The second kappa shape index (κ2) is 5.63. The zero-order valence-electron chi connectivity index (χ0n) is 12.8. The Hall–Kier alpha value is -3.34. The van der Waals surface area contributed by atoms with Crippen LogP contribution < -0.4 is 0 Å². The van der Waals surface area contributed by atoms with Gasteiger partial charge in [0, 0.05) is 17.0 Å². The first-order valence-corrected chi connectivity index (χ1v) is 7.56. The molecule has 0 saturated heterocycles. The van der Waals surface area contributed by atoms with Crippen LogP contribution in [0.4, 0.5) is 8.78 Å². The maximum absolute atomic E-state index is 14.1. The summed E-state index contributed by atoms with van der Waals surface area (Å²) in [4.78, 5) is 16.2. The summed E-state index contributed by atoms with van der Waals surface area (Å²) in [5.74, 6) is -2.62. The second-order valence-electron chi connectivity index (χ2n) is 5.67. The van der Waals surface area contributed by atoms with Crippen molar-refractivity contribution in [3.63, 3.8) is 0 Å². The van der Waals surface area contributed by atoms with Gasteiger partial charge in [0.2, 0.25) is 0 Å². The highest BCUT2D eigenvalue weighted by Gasteiger charge is 2.17. The van der Waals surface area contributed by atoms with E-state index in [0.717, 1.165) is 22.9 Å². The van der Waals surface area contributed by atoms with Crippen molar-refractivity contribution in [3.8, 4) is 11.3 Å². The summed E-state index contributed by atoms with van der Waals surface area (Å²) < 4.78 is 27.2. The number of aromatic carboxylic acids is 1. The molecule has 1 N–H and O–H groups in total. The lowest BCUT2D eigenvalue weighted by Crippen LogP contribution is -2.01. The molecule has 0 aliphatic heterocycles. The summed E-state index contributed by atoms with van der Waals surface area (Å²) in [7, 11) is 0. The summed E-state index contributed by atoms with van der Waals surface area (Å²) in [6, 6.07) is 15.4. The van der Waals surface area contributed by atoms with E-state index in [0.29, 0.717) is 10.9 Å². The first kappa shape index (κ1) is 15.2. The molecule has 122 valence electrons. The molecule has 0 spiro atoms. The molecule has 4 aromatic rings. The fraction of sp³-hybridized carbons (Fsp3) is 0. The summed E-state index contributed by atoms with van der Waals surface area (Å²) in [6.45, 7) is 0. The quantitative estimate of drug-likeness (QED) is 0.523. The Kier molecular flexibility index (Phi) is 3.42. The number of pyridine rings is 1. The molecule has 0 atom stereocenters. The van der Waals surface area contributed by atoms with E-state index in [-0.39, 0.29) is 16.8 Å². The fourth-order valence-corrected chi connectivity index (χ4v) is 3.01. The van der Waals surface area contributed by atoms with E-state index in [4.69, 9.17) is 0 Å². The van der Waals surface area contributed by atoms with Crippen molar-refractivity contribution in [3.05, 3.63) is 77.9 Å². The predicted octanol–water partition coefficient (Wildman–Crippen LogP) is 5.03. The lowest BCUT2D eigenvalue weighted by Gasteiger charge is -2.10. The maximum Gasteiger partial charge on any atom is 0.336 e. The third kappa shape index (κ3) is 2.50. The van der Waals surface area contributed by atoms with Crippen molar-refractivity contribution in [2.45, 2.75) is 0 Å². The van der Waals surface area contributed by atoms with Gasteiger partial charge in [-0.15, -0.1) is 0 Å². The van der Waals surface area contributed by atoms with Crippen molar-refractivity contribution in [1.29, 1.82) is 0 Å². The van der Waals surface area contributed by atoms with Crippen molar-refractivity contribution < 1.29 is 18.7 Å². The van der Waals surface area contributed by atoms with E-state index in [2.05, 4.69) is 4.98 Å². The van der Waals surface area contributed by atoms with Gasteiger partial charge in [-0.2, -0.15) is 0 Å². The van der Waals surface area contributed by atoms with Crippen molar-refractivity contribution in [2.24, 2.45) is 0 Å². The standard InChI is InChI=1S/C20H11F2NO2/c21-12-6-7-14(16(22)9-12)18-10-15(20(24)25)19-13-4-2-1-3-11(13)5-8-17(19)23-18/h1-10H,(H,24,25). The Balaban J connectivity index is 2.09. The molecule has 3 nitrogen and oxygen atoms in total. The van der Waals surface area contributed by atoms with Gasteiger partial charge in [-0.1, -0.05) is 30.3 Å². The maximum atomic E-state index is 14.1.